The van der Waals surface area contributed by atoms with Gasteiger partial charge in [0, 0.05) is 17.8 Å². The normalized spacial score (nSPS) is 13.4. The summed E-state index contributed by atoms with van der Waals surface area (Å²) in [6, 6.07) is 6.05. The summed E-state index contributed by atoms with van der Waals surface area (Å²) in [6.45, 7) is 15.7. The zero-order valence-electron chi connectivity index (χ0n) is 24.9. The van der Waals surface area contributed by atoms with E-state index in [1.165, 1.54) is 6.42 Å². The number of hydrogen-bond donors (Lipinski definition) is 3. The molecule has 0 radical (unpaired) electrons. The van der Waals surface area contributed by atoms with Gasteiger partial charge < -0.3 is 20.3 Å². The summed E-state index contributed by atoms with van der Waals surface area (Å²) in [6.07, 6.45) is 6.47. The molecule has 0 saturated carbocycles. The molecule has 2 atom stereocenters. The smallest absolute Gasteiger partial charge is 0.408 e. The zero-order chi connectivity index (χ0) is 28.9. The molecule has 0 heterocycles. The van der Waals surface area contributed by atoms with Crippen molar-refractivity contribution in [1.82, 2.24) is 15.5 Å². The highest BCUT2D eigenvalue weighted by molar-refractivity contribution is 7.80. The molecule has 216 valence electrons. The lowest BCUT2D eigenvalue weighted by Gasteiger charge is -2.36. The van der Waals surface area contributed by atoms with E-state index < -0.39 is 29.3 Å². The lowest BCUT2D eigenvalue weighted by Crippen LogP contribution is -2.55. The average molecular weight is 550 g/mol. The lowest BCUT2D eigenvalue weighted by molar-refractivity contribution is -0.142. The second-order valence-electron chi connectivity index (χ2n) is 11.9. The van der Waals surface area contributed by atoms with E-state index in [0.29, 0.717) is 6.54 Å². The number of carbonyl (C=O) groups excluding carboxylic acids is 3. The molecule has 8 heteroatoms. The summed E-state index contributed by atoms with van der Waals surface area (Å²) in [5, 5.41) is 5.74. The van der Waals surface area contributed by atoms with Crippen molar-refractivity contribution in [1.29, 1.82) is 0 Å². The minimum absolute atomic E-state index is 0.0768. The number of nitrogens with one attached hydrogen (secondary N) is 2. The van der Waals surface area contributed by atoms with Crippen LogP contribution in [0.4, 0.5) is 4.79 Å². The average Bonchev–Trinajstić information content (AvgIpc) is 2.81. The van der Waals surface area contributed by atoms with Gasteiger partial charge in [-0.3, -0.25) is 9.59 Å². The Labute approximate surface area is 236 Å². The zero-order valence-corrected chi connectivity index (χ0v) is 25.7. The van der Waals surface area contributed by atoms with Crippen LogP contribution >= 0.6 is 12.6 Å². The molecular weight excluding hydrogens is 498 g/mol. The van der Waals surface area contributed by atoms with Crippen molar-refractivity contribution in [3.05, 3.63) is 35.4 Å². The van der Waals surface area contributed by atoms with Gasteiger partial charge in [0.1, 0.15) is 17.7 Å². The predicted octanol–water partition coefficient (Wildman–Crippen LogP) is 6.22. The highest BCUT2D eigenvalue weighted by Crippen LogP contribution is 2.25. The Bertz CT molecular complexity index is 875. The first-order valence-corrected chi connectivity index (χ1v) is 14.7. The molecule has 0 aliphatic heterocycles. The van der Waals surface area contributed by atoms with Gasteiger partial charge in [0.2, 0.25) is 11.8 Å². The minimum Gasteiger partial charge on any atom is -0.444 e. The largest absolute Gasteiger partial charge is 0.444 e. The van der Waals surface area contributed by atoms with Crippen LogP contribution in [0.5, 0.6) is 0 Å². The summed E-state index contributed by atoms with van der Waals surface area (Å²) in [5.41, 5.74) is 0.698. The molecule has 7 nitrogen and oxygen atoms in total. The third-order valence-corrected chi connectivity index (χ3v) is 6.33. The second-order valence-corrected chi connectivity index (χ2v) is 12.3. The van der Waals surface area contributed by atoms with Crippen LogP contribution in [0, 0.1) is 0 Å². The Morgan fingerprint density at radius 3 is 2.00 bits per heavy atom. The number of carbonyl (C=O) groups is 3. The summed E-state index contributed by atoms with van der Waals surface area (Å²) in [5.74, 6) is -0.530. The molecule has 0 spiro atoms. The maximum absolute atomic E-state index is 14.0. The van der Waals surface area contributed by atoms with Gasteiger partial charge in [-0.15, -0.1) is 0 Å². The summed E-state index contributed by atoms with van der Waals surface area (Å²) in [4.78, 5) is 41.8. The number of thiol groups is 1. The molecule has 0 aliphatic carbocycles. The van der Waals surface area contributed by atoms with Gasteiger partial charge >= 0.3 is 6.09 Å². The number of benzene rings is 1. The van der Waals surface area contributed by atoms with Gasteiger partial charge in [-0.25, -0.2) is 4.79 Å². The standard InChI is InChI=1S/C30H51N3O4S/c1-9-11-12-13-14-15-20-33(27(35)24(21-38)31-28(36)37-30(6,7)8)25(26(34)32-29(3,4)5)23-18-16-22(10-2)17-19-23/h16-19,24-25,38H,9-15,20-21H2,1-8H3,(H,31,36)(H,32,34). The van der Waals surface area contributed by atoms with Crippen LogP contribution < -0.4 is 10.6 Å². The van der Waals surface area contributed by atoms with Crippen molar-refractivity contribution in [2.45, 2.75) is 124 Å². The van der Waals surface area contributed by atoms with Crippen molar-refractivity contribution in [3.63, 3.8) is 0 Å². The third kappa shape index (κ3) is 12.5. The monoisotopic (exact) mass is 549 g/mol. The Balaban J connectivity index is 3.38. The van der Waals surface area contributed by atoms with E-state index in [9.17, 15) is 14.4 Å². The first-order valence-electron chi connectivity index (χ1n) is 14.0. The topological polar surface area (TPSA) is 87.7 Å². The van der Waals surface area contributed by atoms with Crippen LogP contribution in [0.3, 0.4) is 0 Å². The maximum atomic E-state index is 14.0. The van der Waals surface area contributed by atoms with E-state index in [1.54, 1.807) is 25.7 Å². The predicted molar refractivity (Wildman–Crippen MR) is 159 cm³/mol. The third-order valence-electron chi connectivity index (χ3n) is 5.97. The number of ether oxygens (including phenoxy) is 1. The van der Waals surface area contributed by atoms with Crippen LogP contribution in [0.15, 0.2) is 24.3 Å². The number of amides is 3. The highest BCUT2D eigenvalue weighted by atomic mass is 32.1. The fraction of sp³-hybridized carbons (Fsp3) is 0.700. The SMILES string of the molecule is CCCCCCCCN(C(=O)C(CS)NC(=O)OC(C)(C)C)C(C(=O)NC(C)(C)C)c1ccc(CC)cc1. The van der Waals surface area contributed by atoms with Crippen LogP contribution in [0.2, 0.25) is 0 Å². The van der Waals surface area contributed by atoms with E-state index in [4.69, 9.17) is 4.74 Å². The Kier molecular flexibility index (Phi) is 14.2. The molecule has 2 unspecified atom stereocenters. The highest BCUT2D eigenvalue weighted by Gasteiger charge is 2.36. The number of aryl methyl sites for hydroxylation is 1. The number of rotatable bonds is 14. The summed E-state index contributed by atoms with van der Waals surface area (Å²) in [7, 11) is 0. The number of unbranched alkanes of at least 4 members (excludes halogenated alkanes) is 5. The fourth-order valence-corrected chi connectivity index (χ4v) is 4.36. The molecule has 1 aromatic carbocycles. The van der Waals surface area contributed by atoms with Crippen LogP contribution in [0.1, 0.15) is 111 Å². The van der Waals surface area contributed by atoms with Gasteiger partial charge in [0.15, 0.2) is 0 Å². The molecule has 0 fully saturated rings. The molecule has 0 aromatic heterocycles. The van der Waals surface area contributed by atoms with Crippen LogP contribution in [-0.4, -0.2) is 52.3 Å². The number of nitrogens with zero attached hydrogens (tertiary/aromatic N) is 1. The first kappa shape index (κ1) is 33.8. The maximum Gasteiger partial charge on any atom is 0.408 e. The second kappa shape index (κ2) is 16.0. The number of hydrogen-bond acceptors (Lipinski definition) is 5. The van der Waals surface area contributed by atoms with E-state index >= 15 is 0 Å². The van der Waals surface area contributed by atoms with Gasteiger partial charge in [0.25, 0.3) is 0 Å². The van der Waals surface area contributed by atoms with Gasteiger partial charge in [-0.1, -0.05) is 70.2 Å². The molecule has 0 saturated heterocycles. The van der Waals surface area contributed by atoms with E-state index in [-0.39, 0.29) is 17.6 Å². The van der Waals surface area contributed by atoms with Crippen molar-refractivity contribution in [3.8, 4) is 0 Å². The first-order chi connectivity index (χ1) is 17.7. The van der Waals surface area contributed by atoms with E-state index in [1.807, 2.05) is 45.0 Å². The van der Waals surface area contributed by atoms with E-state index in [0.717, 1.165) is 49.7 Å². The van der Waals surface area contributed by atoms with Crippen molar-refractivity contribution < 1.29 is 19.1 Å². The van der Waals surface area contributed by atoms with E-state index in [2.05, 4.69) is 37.1 Å². The summed E-state index contributed by atoms with van der Waals surface area (Å²) < 4.78 is 5.39. The van der Waals surface area contributed by atoms with Crippen LogP contribution in [-0.2, 0) is 20.7 Å². The Morgan fingerprint density at radius 2 is 1.50 bits per heavy atom. The molecule has 1 rings (SSSR count). The molecule has 0 bridgehead atoms. The quantitative estimate of drug-likeness (QED) is 0.190. The Hall–Kier alpha value is -2.22. The van der Waals surface area contributed by atoms with Gasteiger partial charge in [-0.05, 0) is 65.5 Å². The van der Waals surface area contributed by atoms with Crippen molar-refractivity contribution in [2.24, 2.45) is 0 Å². The molecular formula is C30H51N3O4S. The molecule has 1 aromatic rings. The number of alkyl carbamates (subject to hydrolysis) is 1. The molecule has 38 heavy (non-hydrogen) atoms. The molecule has 0 aliphatic rings. The Morgan fingerprint density at radius 1 is 0.921 bits per heavy atom. The van der Waals surface area contributed by atoms with Gasteiger partial charge in [-0.2, -0.15) is 12.6 Å². The lowest BCUT2D eigenvalue weighted by atomic mass is 9.98. The molecule has 2 N–H and O–H groups in total. The van der Waals surface area contributed by atoms with Crippen molar-refractivity contribution >= 4 is 30.5 Å². The van der Waals surface area contributed by atoms with Crippen molar-refractivity contribution in [2.75, 3.05) is 12.3 Å². The minimum atomic E-state index is -0.937. The van der Waals surface area contributed by atoms with Gasteiger partial charge in [0.05, 0.1) is 0 Å². The fourth-order valence-electron chi connectivity index (χ4n) is 4.11. The van der Waals surface area contributed by atoms with Crippen LogP contribution in [0.25, 0.3) is 0 Å². The molecule has 3 amide bonds. The summed E-state index contributed by atoms with van der Waals surface area (Å²) >= 11 is 4.37.